The van der Waals surface area contributed by atoms with Gasteiger partial charge >= 0.3 is 0 Å². The summed E-state index contributed by atoms with van der Waals surface area (Å²) in [5.41, 5.74) is 2.35. The molecular formula is C16H26N2O. The van der Waals surface area contributed by atoms with Gasteiger partial charge < -0.3 is 10.6 Å². The number of rotatable bonds is 5. The maximum Gasteiger partial charge on any atom is 0.237 e. The quantitative estimate of drug-likeness (QED) is 0.856. The van der Waals surface area contributed by atoms with E-state index in [0.29, 0.717) is 6.54 Å². The number of benzene rings is 1. The lowest BCUT2D eigenvalue weighted by Crippen LogP contribution is -2.49. The number of hydrogen-bond acceptors (Lipinski definition) is 2. The smallest absolute Gasteiger partial charge is 0.237 e. The van der Waals surface area contributed by atoms with Crippen LogP contribution >= 0.6 is 0 Å². The van der Waals surface area contributed by atoms with Crippen molar-refractivity contribution >= 4 is 5.91 Å². The molecule has 1 rings (SSSR count). The molecule has 3 nitrogen and oxygen atoms in total. The van der Waals surface area contributed by atoms with E-state index in [4.69, 9.17) is 0 Å². The van der Waals surface area contributed by atoms with Crippen LogP contribution in [0.1, 0.15) is 45.7 Å². The third kappa shape index (κ3) is 5.88. The largest absolute Gasteiger partial charge is 0.350 e. The van der Waals surface area contributed by atoms with Crippen LogP contribution in [-0.4, -0.2) is 17.5 Å². The first-order valence-electron chi connectivity index (χ1n) is 6.95. The fourth-order valence-corrected chi connectivity index (χ4v) is 1.73. The summed E-state index contributed by atoms with van der Waals surface area (Å²) in [6.45, 7) is 10.7. The van der Waals surface area contributed by atoms with Crippen molar-refractivity contribution in [1.82, 2.24) is 10.6 Å². The third-order valence-corrected chi connectivity index (χ3v) is 2.94. The number of carbonyl (C=O) groups excluding carboxylic acids is 1. The van der Waals surface area contributed by atoms with Crippen LogP contribution in [0.3, 0.4) is 0 Å². The van der Waals surface area contributed by atoms with Crippen LogP contribution in [0.4, 0.5) is 0 Å². The zero-order valence-corrected chi connectivity index (χ0v) is 12.7. The first kappa shape index (κ1) is 15.7. The summed E-state index contributed by atoms with van der Waals surface area (Å²) in [6.07, 6.45) is 1.05. The van der Waals surface area contributed by atoms with E-state index in [1.54, 1.807) is 0 Å². The zero-order valence-electron chi connectivity index (χ0n) is 12.7. The highest BCUT2D eigenvalue weighted by Crippen LogP contribution is 2.05. The van der Waals surface area contributed by atoms with Gasteiger partial charge in [0.1, 0.15) is 0 Å². The van der Waals surface area contributed by atoms with Crippen LogP contribution in [0.2, 0.25) is 0 Å². The van der Waals surface area contributed by atoms with Gasteiger partial charge in [0.25, 0.3) is 0 Å². The first-order chi connectivity index (χ1) is 8.81. The minimum Gasteiger partial charge on any atom is -0.350 e. The van der Waals surface area contributed by atoms with E-state index >= 15 is 0 Å². The Hall–Kier alpha value is -1.35. The zero-order chi connectivity index (χ0) is 14.5. The van der Waals surface area contributed by atoms with E-state index in [0.717, 1.165) is 6.42 Å². The van der Waals surface area contributed by atoms with Crippen LogP contribution in [-0.2, 0) is 17.8 Å². The molecule has 106 valence electrons. The molecule has 3 heteroatoms. The van der Waals surface area contributed by atoms with Gasteiger partial charge in [-0.3, -0.25) is 4.79 Å². The molecule has 1 aromatic rings. The molecule has 1 aromatic carbocycles. The fraction of sp³-hybridized carbons (Fsp3) is 0.562. The second-order valence-electron chi connectivity index (χ2n) is 6.01. The monoisotopic (exact) mass is 262 g/mol. The lowest BCUT2D eigenvalue weighted by molar-refractivity contribution is -0.124. The summed E-state index contributed by atoms with van der Waals surface area (Å²) in [5.74, 6) is 0.0395. The molecule has 0 saturated heterocycles. The lowest BCUT2D eigenvalue weighted by Gasteiger charge is -2.23. The van der Waals surface area contributed by atoms with E-state index in [9.17, 15) is 4.79 Å². The number of hydrogen-bond donors (Lipinski definition) is 2. The predicted octanol–water partition coefficient (Wildman–Crippen LogP) is 2.64. The molecule has 19 heavy (non-hydrogen) atoms. The molecule has 0 aliphatic carbocycles. The van der Waals surface area contributed by atoms with E-state index < -0.39 is 0 Å². The Kier molecular flexibility index (Phi) is 5.55. The topological polar surface area (TPSA) is 41.1 Å². The predicted molar refractivity (Wildman–Crippen MR) is 80.0 cm³/mol. The average Bonchev–Trinajstić information content (AvgIpc) is 2.34. The second kappa shape index (κ2) is 6.71. The summed E-state index contributed by atoms with van der Waals surface area (Å²) in [6, 6.07) is 8.30. The van der Waals surface area contributed by atoms with Crippen molar-refractivity contribution in [2.75, 3.05) is 0 Å². The van der Waals surface area contributed by atoms with E-state index in [1.165, 1.54) is 11.1 Å². The minimum atomic E-state index is -0.190. The number of nitrogens with one attached hydrogen (secondary N) is 2. The van der Waals surface area contributed by atoms with E-state index in [1.807, 2.05) is 27.7 Å². The Morgan fingerprint density at radius 2 is 1.68 bits per heavy atom. The van der Waals surface area contributed by atoms with Crippen LogP contribution in [0, 0.1) is 0 Å². The lowest BCUT2D eigenvalue weighted by atomic mass is 10.1. The molecule has 0 aliphatic rings. The van der Waals surface area contributed by atoms with Crippen molar-refractivity contribution in [3.8, 4) is 0 Å². The van der Waals surface area contributed by atoms with Crippen molar-refractivity contribution < 1.29 is 4.79 Å². The van der Waals surface area contributed by atoms with Crippen LogP contribution < -0.4 is 10.6 Å². The Morgan fingerprint density at radius 1 is 1.16 bits per heavy atom. The highest BCUT2D eigenvalue weighted by molar-refractivity contribution is 5.81. The molecule has 0 bridgehead atoms. The molecule has 0 aromatic heterocycles. The SMILES string of the molecule is CCc1ccc(CNC(C)C(=O)NC(C)(C)C)cc1. The fourth-order valence-electron chi connectivity index (χ4n) is 1.73. The maximum absolute atomic E-state index is 11.9. The van der Waals surface area contributed by atoms with Gasteiger partial charge in [-0.05, 0) is 45.2 Å². The van der Waals surface area contributed by atoms with Crippen molar-refractivity contribution in [2.24, 2.45) is 0 Å². The maximum atomic E-state index is 11.9. The molecule has 0 aliphatic heterocycles. The highest BCUT2D eigenvalue weighted by Gasteiger charge is 2.18. The molecule has 1 unspecified atom stereocenters. The van der Waals surface area contributed by atoms with Crippen molar-refractivity contribution in [1.29, 1.82) is 0 Å². The third-order valence-electron chi connectivity index (χ3n) is 2.94. The molecule has 0 fully saturated rings. The Labute approximate surface area is 116 Å². The van der Waals surface area contributed by atoms with Crippen molar-refractivity contribution in [2.45, 2.75) is 59.2 Å². The van der Waals surface area contributed by atoms with Gasteiger partial charge in [0, 0.05) is 12.1 Å². The van der Waals surface area contributed by atoms with Gasteiger partial charge in [-0.2, -0.15) is 0 Å². The van der Waals surface area contributed by atoms with Crippen LogP contribution in [0.15, 0.2) is 24.3 Å². The van der Waals surface area contributed by atoms with Crippen molar-refractivity contribution in [3.05, 3.63) is 35.4 Å². The normalized spacial score (nSPS) is 13.1. The molecule has 0 spiro atoms. The molecule has 1 amide bonds. The van der Waals surface area contributed by atoms with Gasteiger partial charge in [-0.1, -0.05) is 31.2 Å². The van der Waals surface area contributed by atoms with Gasteiger partial charge in [0.2, 0.25) is 5.91 Å². The van der Waals surface area contributed by atoms with E-state index in [-0.39, 0.29) is 17.5 Å². The number of carbonyl (C=O) groups is 1. The Morgan fingerprint density at radius 3 is 2.16 bits per heavy atom. The van der Waals surface area contributed by atoms with Crippen molar-refractivity contribution in [3.63, 3.8) is 0 Å². The van der Waals surface area contributed by atoms with Crippen LogP contribution in [0.5, 0.6) is 0 Å². The minimum absolute atomic E-state index is 0.0395. The summed E-state index contributed by atoms with van der Waals surface area (Å²) in [7, 11) is 0. The summed E-state index contributed by atoms with van der Waals surface area (Å²) >= 11 is 0. The Bertz CT molecular complexity index is 404. The standard InChI is InChI=1S/C16H26N2O/c1-6-13-7-9-14(10-8-13)11-17-12(2)15(19)18-16(3,4)5/h7-10,12,17H,6,11H2,1-5H3,(H,18,19). The second-order valence-corrected chi connectivity index (χ2v) is 6.01. The summed E-state index contributed by atoms with van der Waals surface area (Å²) < 4.78 is 0. The van der Waals surface area contributed by atoms with E-state index in [2.05, 4.69) is 41.8 Å². The molecule has 2 N–H and O–H groups in total. The summed E-state index contributed by atoms with van der Waals surface area (Å²) in [5, 5.41) is 6.22. The number of aryl methyl sites for hydroxylation is 1. The first-order valence-corrected chi connectivity index (χ1v) is 6.95. The van der Waals surface area contributed by atoms with Gasteiger partial charge in [-0.25, -0.2) is 0 Å². The van der Waals surface area contributed by atoms with Crippen LogP contribution in [0.25, 0.3) is 0 Å². The Balaban J connectivity index is 2.44. The average molecular weight is 262 g/mol. The molecular weight excluding hydrogens is 236 g/mol. The summed E-state index contributed by atoms with van der Waals surface area (Å²) in [4.78, 5) is 11.9. The van der Waals surface area contributed by atoms with Gasteiger partial charge in [-0.15, -0.1) is 0 Å². The molecule has 0 saturated carbocycles. The van der Waals surface area contributed by atoms with Gasteiger partial charge in [0.15, 0.2) is 0 Å². The molecule has 0 radical (unpaired) electrons. The molecule has 1 atom stereocenters. The molecule has 0 heterocycles. The van der Waals surface area contributed by atoms with Gasteiger partial charge in [0.05, 0.1) is 6.04 Å². The number of amides is 1. The highest BCUT2D eigenvalue weighted by atomic mass is 16.2.